The summed E-state index contributed by atoms with van der Waals surface area (Å²) in [4.78, 5) is 25.9. The molecule has 1 heterocycles. The van der Waals surface area contributed by atoms with Crippen molar-refractivity contribution in [2.24, 2.45) is 11.8 Å². The summed E-state index contributed by atoms with van der Waals surface area (Å²) >= 11 is 0. The van der Waals surface area contributed by atoms with Crippen LogP contribution in [0, 0.1) is 11.8 Å². The molecule has 19 heavy (non-hydrogen) atoms. The highest BCUT2D eigenvalue weighted by Gasteiger charge is 2.58. The van der Waals surface area contributed by atoms with Gasteiger partial charge in [0.1, 0.15) is 11.6 Å². The van der Waals surface area contributed by atoms with Gasteiger partial charge in [0.05, 0.1) is 6.54 Å². The van der Waals surface area contributed by atoms with Crippen LogP contribution in [0.15, 0.2) is 0 Å². The summed E-state index contributed by atoms with van der Waals surface area (Å²) in [5.74, 6) is -0.417. The standard InChI is InChI=1S/C13H18F2N2O2/c1-13(8-4-5-8)12(19)17(6-9(14)15)10(7-2-3-7)11(18)16-13/h7-10H,2-6H2,1H3,(H,16,18). The van der Waals surface area contributed by atoms with E-state index in [4.69, 9.17) is 0 Å². The minimum atomic E-state index is -2.60. The maximum absolute atomic E-state index is 12.7. The lowest BCUT2D eigenvalue weighted by Crippen LogP contribution is -2.71. The summed E-state index contributed by atoms with van der Waals surface area (Å²) in [7, 11) is 0. The van der Waals surface area contributed by atoms with Gasteiger partial charge in [0.25, 0.3) is 6.43 Å². The molecular weight excluding hydrogens is 254 g/mol. The smallest absolute Gasteiger partial charge is 0.255 e. The van der Waals surface area contributed by atoms with E-state index in [1.165, 1.54) is 0 Å². The van der Waals surface area contributed by atoms with Gasteiger partial charge in [0.15, 0.2) is 0 Å². The molecule has 0 spiro atoms. The maximum atomic E-state index is 12.7. The molecule has 2 saturated carbocycles. The maximum Gasteiger partial charge on any atom is 0.255 e. The topological polar surface area (TPSA) is 49.4 Å². The number of carbonyl (C=O) groups excluding carboxylic acids is 2. The van der Waals surface area contributed by atoms with E-state index in [1.807, 2.05) is 0 Å². The van der Waals surface area contributed by atoms with Crippen molar-refractivity contribution in [3.63, 3.8) is 0 Å². The summed E-state index contributed by atoms with van der Waals surface area (Å²) in [6.07, 6.45) is 0.828. The van der Waals surface area contributed by atoms with Crippen molar-refractivity contribution < 1.29 is 18.4 Å². The third kappa shape index (κ3) is 2.11. The number of nitrogens with zero attached hydrogens (tertiary/aromatic N) is 1. The van der Waals surface area contributed by atoms with Gasteiger partial charge < -0.3 is 10.2 Å². The lowest BCUT2D eigenvalue weighted by Gasteiger charge is -2.44. The van der Waals surface area contributed by atoms with Crippen LogP contribution >= 0.6 is 0 Å². The molecule has 1 saturated heterocycles. The Bertz CT molecular complexity index is 421. The van der Waals surface area contributed by atoms with E-state index in [0.29, 0.717) is 0 Å². The average Bonchev–Trinajstić information content (AvgIpc) is 3.13. The zero-order valence-corrected chi connectivity index (χ0v) is 10.9. The Balaban J connectivity index is 1.88. The minimum Gasteiger partial charge on any atom is -0.340 e. The van der Waals surface area contributed by atoms with Crippen LogP contribution in [0.25, 0.3) is 0 Å². The van der Waals surface area contributed by atoms with Crippen LogP contribution in [0.4, 0.5) is 8.78 Å². The summed E-state index contributed by atoms with van der Waals surface area (Å²) in [6.45, 7) is 1.04. The van der Waals surface area contributed by atoms with Crippen molar-refractivity contribution in [3.05, 3.63) is 0 Å². The van der Waals surface area contributed by atoms with Crippen molar-refractivity contribution in [1.82, 2.24) is 10.2 Å². The van der Waals surface area contributed by atoms with Crippen LogP contribution in [-0.4, -0.2) is 41.3 Å². The van der Waals surface area contributed by atoms with Gasteiger partial charge in [-0.25, -0.2) is 8.78 Å². The first-order chi connectivity index (χ1) is 8.93. The zero-order valence-electron chi connectivity index (χ0n) is 10.9. The number of carbonyl (C=O) groups is 2. The number of nitrogens with one attached hydrogen (secondary N) is 1. The van der Waals surface area contributed by atoms with Crippen molar-refractivity contribution in [3.8, 4) is 0 Å². The van der Waals surface area contributed by atoms with Gasteiger partial charge >= 0.3 is 0 Å². The molecule has 106 valence electrons. The fourth-order valence-electron chi connectivity index (χ4n) is 3.11. The minimum absolute atomic E-state index is 0.0615. The molecule has 3 fully saturated rings. The Morgan fingerprint density at radius 1 is 1.32 bits per heavy atom. The Labute approximate surface area is 110 Å². The molecule has 2 unspecified atom stereocenters. The molecule has 0 aromatic rings. The van der Waals surface area contributed by atoms with Crippen molar-refractivity contribution in [2.75, 3.05) is 6.54 Å². The van der Waals surface area contributed by atoms with E-state index in [-0.39, 0.29) is 23.7 Å². The lowest BCUT2D eigenvalue weighted by atomic mass is 9.88. The highest BCUT2D eigenvalue weighted by Crippen LogP contribution is 2.45. The van der Waals surface area contributed by atoms with Gasteiger partial charge in [-0.2, -0.15) is 0 Å². The van der Waals surface area contributed by atoms with E-state index in [2.05, 4.69) is 5.32 Å². The van der Waals surface area contributed by atoms with Crippen LogP contribution in [0.5, 0.6) is 0 Å². The highest BCUT2D eigenvalue weighted by molar-refractivity contribution is 6.00. The molecule has 1 aliphatic heterocycles. The van der Waals surface area contributed by atoms with E-state index in [1.54, 1.807) is 6.92 Å². The van der Waals surface area contributed by atoms with Crippen molar-refractivity contribution >= 4 is 11.8 Å². The fourth-order valence-corrected chi connectivity index (χ4v) is 3.11. The van der Waals surface area contributed by atoms with Gasteiger partial charge in [-0.1, -0.05) is 0 Å². The van der Waals surface area contributed by atoms with Crippen LogP contribution in [0.3, 0.4) is 0 Å². The van der Waals surface area contributed by atoms with E-state index in [0.717, 1.165) is 30.6 Å². The predicted molar refractivity (Wildman–Crippen MR) is 63.5 cm³/mol. The molecule has 1 N–H and O–H groups in total. The van der Waals surface area contributed by atoms with E-state index in [9.17, 15) is 18.4 Å². The number of alkyl halides is 2. The van der Waals surface area contributed by atoms with Gasteiger partial charge in [-0.15, -0.1) is 0 Å². The Hall–Kier alpha value is -1.20. The molecule has 0 aromatic carbocycles. The fraction of sp³-hybridized carbons (Fsp3) is 0.846. The molecule has 0 aromatic heterocycles. The predicted octanol–water partition coefficient (Wildman–Crippen LogP) is 1.16. The summed E-state index contributed by atoms with van der Waals surface area (Å²) < 4.78 is 25.4. The first-order valence-electron chi connectivity index (χ1n) is 6.84. The number of rotatable bonds is 4. The number of hydrogen-bond donors (Lipinski definition) is 1. The third-order valence-electron chi connectivity index (χ3n) is 4.49. The Morgan fingerprint density at radius 3 is 2.42 bits per heavy atom. The lowest BCUT2D eigenvalue weighted by molar-refractivity contribution is -0.158. The molecule has 2 aliphatic carbocycles. The second-order valence-corrected chi connectivity index (χ2v) is 6.10. The number of hydrogen-bond acceptors (Lipinski definition) is 2. The normalized spacial score (nSPS) is 35.8. The molecule has 2 atom stereocenters. The molecular formula is C13H18F2N2O2. The Morgan fingerprint density at radius 2 is 1.95 bits per heavy atom. The molecule has 3 aliphatic rings. The van der Waals surface area contributed by atoms with E-state index >= 15 is 0 Å². The molecule has 0 radical (unpaired) electrons. The quantitative estimate of drug-likeness (QED) is 0.835. The molecule has 0 bridgehead atoms. The number of halogens is 2. The zero-order chi connectivity index (χ0) is 13.8. The highest BCUT2D eigenvalue weighted by atomic mass is 19.3. The van der Waals surface area contributed by atoms with Crippen molar-refractivity contribution in [2.45, 2.75) is 50.6 Å². The van der Waals surface area contributed by atoms with Crippen LogP contribution in [-0.2, 0) is 9.59 Å². The van der Waals surface area contributed by atoms with Gasteiger partial charge in [-0.05, 0) is 44.4 Å². The average molecular weight is 272 g/mol. The number of amides is 2. The van der Waals surface area contributed by atoms with E-state index < -0.39 is 24.6 Å². The first-order valence-corrected chi connectivity index (χ1v) is 6.84. The second kappa shape index (κ2) is 4.15. The SMILES string of the molecule is CC1(C2CC2)NC(=O)C(C2CC2)N(CC(F)F)C1=O. The summed E-state index contributed by atoms with van der Waals surface area (Å²) in [5.41, 5.74) is -0.975. The first kappa shape index (κ1) is 12.8. The van der Waals surface area contributed by atoms with Crippen LogP contribution < -0.4 is 5.32 Å². The van der Waals surface area contributed by atoms with Gasteiger partial charge in [-0.3, -0.25) is 9.59 Å². The van der Waals surface area contributed by atoms with Crippen molar-refractivity contribution in [1.29, 1.82) is 0 Å². The van der Waals surface area contributed by atoms with Crippen LogP contribution in [0.2, 0.25) is 0 Å². The monoisotopic (exact) mass is 272 g/mol. The molecule has 2 amide bonds. The largest absolute Gasteiger partial charge is 0.340 e. The summed E-state index contributed by atoms with van der Waals surface area (Å²) in [5, 5.41) is 2.80. The number of piperazine rings is 1. The van der Waals surface area contributed by atoms with Gasteiger partial charge in [0, 0.05) is 0 Å². The van der Waals surface area contributed by atoms with Crippen LogP contribution in [0.1, 0.15) is 32.6 Å². The molecule has 3 rings (SSSR count). The molecule has 4 nitrogen and oxygen atoms in total. The second-order valence-electron chi connectivity index (χ2n) is 6.10. The molecule has 6 heteroatoms. The Kier molecular flexibility index (Phi) is 2.80. The summed E-state index contributed by atoms with van der Waals surface area (Å²) in [6, 6.07) is -0.687. The van der Waals surface area contributed by atoms with Gasteiger partial charge in [0.2, 0.25) is 11.8 Å². The third-order valence-corrected chi connectivity index (χ3v) is 4.49.